The molecule has 0 aromatic carbocycles. The van der Waals surface area contributed by atoms with Gasteiger partial charge in [0.25, 0.3) is 5.91 Å². The SMILES string of the molecule is CS1=NC(=O)[C@@H]2[C@H]1[C@H]1C=C[C@@H]2O1. The van der Waals surface area contributed by atoms with Crippen molar-refractivity contribution in [3.8, 4) is 0 Å². The molecule has 1 unspecified atom stereocenters. The van der Waals surface area contributed by atoms with Crippen molar-refractivity contribution in [2.75, 3.05) is 6.26 Å². The van der Waals surface area contributed by atoms with E-state index in [2.05, 4.69) is 10.4 Å². The minimum atomic E-state index is -0.109. The summed E-state index contributed by atoms with van der Waals surface area (Å²) in [7, 11) is -0.109. The maximum absolute atomic E-state index is 11.4. The first-order valence-corrected chi connectivity index (χ1v) is 5.67. The quantitative estimate of drug-likeness (QED) is 0.506. The summed E-state index contributed by atoms with van der Waals surface area (Å²) < 4.78 is 9.68. The van der Waals surface area contributed by atoms with Gasteiger partial charge < -0.3 is 4.74 Å². The Morgan fingerprint density at radius 3 is 3.00 bits per heavy atom. The van der Waals surface area contributed by atoms with Gasteiger partial charge in [0.1, 0.15) is 0 Å². The molecule has 3 aliphatic heterocycles. The van der Waals surface area contributed by atoms with Crippen LogP contribution in [-0.4, -0.2) is 29.6 Å². The van der Waals surface area contributed by atoms with E-state index in [1.165, 1.54) is 0 Å². The first-order valence-electron chi connectivity index (χ1n) is 4.01. The zero-order valence-electron chi connectivity index (χ0n) is 6.64. The van der Waals surface area contributed by atoms with E-state index in [4.69, 9.17) is 4.74 Å². The fourth-order valence-corrected chi connectivity index (χ4v) is 3.99. The lowest BCUT2D eigenvalue weighted by atomic mass is 9.93. The van der Waals surface area contributed by atoms with Crippen molar-refractivity contribution in [3.63, 3.8) is 0 Å². The van der Waals surface area contributed by atoms with E-state index in [1.54, 1.807) is 0 Å². The number of fused-ring (bicyclic) bond motifs is 5. The number of ether oxygens (including phenoxy) is 1. The Morgan fingerprint density at radius 2 is 2.25 bits per heavy atom. The van der Waals surface area contributed by atoms with Gasteiger partial charge in [0.15, 0.2) is 0 Å². The minimum absolute atomic E-state index is 0.0358. The summed E-state index contributed by atoms with van der Waals surface area (Å²) in [5, 5.41) is 0.354. The highest BCUT2D eigenvalue weighted by atomic mass is 32.2. The predicted octanol–water partition coefficient (Wildman–Crippen LogP) is 0.280. The van der Waals surface area contributed by atoms with Gasteiger partial charge in [-0.05, 0) is 6.26 Å². The van der Waals surface area contributed by atoms with Crippen LogP contribution in [0.2, 0.25) is 0 Å². The van der Waals surface area contributed by atoms with Gasteiger partial charge in [-0.15, -0.1) is 0 Å². The van der Waals surface area contributed by atoms with Gasteiger partial charge in [-0.25, -0.2) is 0 Å². The molecule has 3 nitrogen and oxygen atoms in total. The first kappa shape index (κ1) is 6.97. The molecule has 64 valence electrons. The van der Waals surface area contributed by atoms with Crippen LogP contribution in [0.1, 0.15) is 0 Å². The highest BCUT2D eigenvalue weighted by molar-refractivity contribution is 7.88. The summed E-state index contributed by atoms with van der Waals surface area (Å²) in [4.78, 5) is 11.4. The van der Waals surface area contributed by atoms with Crippen LogP contribution < -0.4 is 0 Å². The molecule has 0 spiro atoms. The van der Waals surface area contributed by atoms with Gasteiger partial charge in [-0.1, -0.05) is 22.8 Å². The van der Waals surface area contributed by atoms with Crippen molar-refractivity contribution in [3.05, 3.63) is 12.2 Å². The van der Waals surface area contributed by atoms with Crippen molar-refractivity contribution in [2.45, 2.75) is 17.5 Å². The van der Waals surface area contributed by atoms with Crippen molar-refractivity contribution < 1.29 is 9.53 Å². The van der Waals surface area contributed by atoms with E-state index in [0.717, 1.165) is 0 Å². The molecule has 3 aliphatic rings. The Morgan fingerprint density at radius 1 is 1.50 bits per heavy atom. The normalized spacial score (nSPS) is 54.4. The molecule has 0 aromatic heterocycles. The fourth-order valence-electron chi connectivity index (χ4n) is 2.22. The predicted molar refractivity (Wildman–Crippen MR) is 45.8 cm³/mol. The Hall–Kier alpha value is -0.480. The molecule has 12 heavy (non-hydrogen) atoms. The molecule has 0 N–H and O–H groups in total. The second-order valence-electron chi connectivity index (χ2n) is 3.39. The summed E-state index contributed by atoms with van der Waals surface area (Å²) in [6.45, 7) is 0. The minimum Gasteiger partial charge on any atom is -0.365 e. The van der Waals surface area contributed by atoms with E-state index < -0.39 is 0 Å². The Bertz CT molecular complexity index is 323. The van der Waals surface area contributed by atoms with Gasteiger partial charge in [0, 0.05) is 0 Å². The average molecular weight is 183 g/mol. The Kier molecular flexibility index (Phi) is 1.20. The Balaban J connectivity index is 2.09. The second kappa shape index (κ2) is 2.06. The lowest BCUT2D eigenvalue weighted by Crippen LogP contribution is -2.31. The van der Waals surface area contributed by atoms with Gasteiger partial charge in [0.2, 0.25) is 0 Å². The van der Waals surface area contributed by atoms with E-state index >= 15 is 0 Å². The maximum Gasteiger partial charge on any atom is 0.258 e. The van der Waals surface area contributed by atoms with Gasteiger partial charge in [-0.3, -0.25) is 4.79 Å². The molecule has 4 heteroatoms. The number of carbonyl (C=O) groups is 1. The third kappa shape index (κ3) is 0.653. The lowest BCUT2D eigenvalue weighted by Gasteiger charge is -2.14. The summed E-state index contributed by atoms with van der Waals surface area (Å²) in [6, 6.07) is 0. The number of amides is 1. The van der Waals surface area contributed by atoms with Crippen LogP contribution in [0.4, 0.5) is 0 Å². The van der Waals surface area contributed by atoms with Crippen molar-refractivity contribution >= 4 is 16.6 Å². The molecular formula is C8H9NO2S. The first-order chi connectivity index (χ1) is 5.77. The third-order valence-electron chi connectivity index (χ3n) is 2.75. The fraction of sp³-hybridized carbons (Fsp3) is 0.625. The van der Waals surface area contributed by atoms with Gasteiger partial charge in [-0.2, -0.15) is 4.36 Å². The standard InChI is InChI=1S/C8H9NO2S/c1-12-7-5-3-2-4(11-5)6(7)8(10)9-12/h2-7H,1H3/t4-,5+,6-,7+,12?/m0/s1. The molecule has 0 aliphatic carbocycles. The van der Waals surface area contributed by atoms with Crippen LogP contribution in [0.5, 0.6) is 0 Å². The molecule has 3 heterocycles. The van der Waals surface area contributed by atoms with Crippen LogP contribution in [0.3, 0.4) is 0 Å². The molecule has 1 amide bonds. The van der Waals surface area contributed by atoms with E-state index in [9.17, 15) is 4.79 Å². The lowest BCUT2D eigenvalue weighted by molar-refractivity contribution is -0.121. The summed E-state index contributed by atoms with van der Waals surface area (Å²) in [5.74, 6) is 0.107. The van der Waals surface area contributed by atoms with Gasteiger partial charge in [0.05, 0.1) is 23.4 Å². The molecule has 5 atom stereocenters. The van der Waals surface area contributed by atoms with Crippen LogP contribution >= 0.6 is 0 Å². The number of rotatable bonds is 0. The summed E-state index contributed by atoms with van der Waals surface area (Å²) in [6.07, 6.45) is 6.31. The maximum atomic E-state index is 11.4. The molecule has 2 bridgehead atoms. The number of nitrogens with zero attached hydrogens (tertiary/aromatic N) is 1. The van der Waals surface area contributed by atoms with E-state index in [1.807, 2.05) is 12.3 Å². The summed E-state index contributed by atoms with van der Waals surface area (Å²) in [5.41, 5.74) is 0. The van der Waals surface area contributed by atoms with Gasteiger partial charge >= 0.3 is 0 Å². The monoisotopic (exact) mass is 183 g/mol. The van der Waals surface area contributed by atoms with Crippen molar-refractivity contribution in [1.82, 2.24) is 0 Å². The Labute approximate surface area is 72.9 Å². The van der Waals surface area contributed by atoms with Crippen LogP contribution in [-0.2, 0) is 20.2 Å². The molecule has 1 fully saturated rings. The molecule has 0 aromatic rings. The number of hydrogen-bond acceptors (Lipinski definition) is 2. The van der Waals surface area contributed by atoms with Crippen LogP contribution in [0.15, 0.2) is 16.5 Å². The van der Waals surface area contributed by atoms with E-state index in [0.29, 0.717) is 5.25 Å². The molecular weight excluding hydrogens is 174 g/mol. The molecule has 1 saturated heterocycles. The zero-order valence-corrected chi connectivity index (χ0v) is 7.45. The molecule has 0 radical (unpaired) electrons. The second-order valence-corrected chi connectivity index (χ2v) is 5.17. The highest BCUT2D eigenvalue weighted by Gasteiger charge is 2.53. The van der Waals surface area contributed by atoms with E-state index in [-0.39, 0.29) is 34.7 Å². The highest BCUT2D eigenvalue weighted by Crippen LogP contribution is 2.41. The number of carbonyl (C=O) groups excluding carboxylic acids is 1. The van der Waals surface area contributed by atoms with Crippen LogP contribution in [0, 0.1) is 5.92 Å². The largest absolute Gasteiger partial charge is 0.365 e. The molecule has 3 rings (SSSR count). The smallest absolute Gasteiger partial charge is 0.258 e. The van der Waals surface area contributed by atoms with Crippen molar-refractivity contribution in [1.29, 1.82) is 0 Å². The number of hydrogen-bond donors (Lipinski definition) is 0. The zero-order chi connectivity index (χ0) is 8.29. The van der Waals surface area contributed by atoms with Crippen LogP contribution in [0.25, 0.3) is 0 Å². The summed E-state index contributed by atoms with van der Waals surface area (Å²) >= 11 is 0. The topological polar surface area (TPSA) is 38.7 Å². The average Bonchev–Trinajstić information content (AvgIpc) is 2.64. The third-order valence-corrected chi connectivity index (χ3v) is 4.57. The molecule has 0 saturated carbocycles. The van der Waals surface area contributed by atoms with Crippen molar-refractivity contribution in [2.24, 2.45) is 10.3 Å².